The predicted octanol–water partition coefficient (Wildman–Crippen LogP) is 3.99. The fraction of sp³-hybridized carbons (Fsp3) is 0.200. The number of rotatable bonds is 3. The minimum Gasteiger partial charge on any atom is -0.348 e. The van der Waals surface area contributed by atoms with E-state index in [4.69, 9.17) is 11.6 Å². The van der Waals surface area contributed by atoms with E-state index in [1.54, 1.807) is 24.3 Å². The minimum atomic E-state index is -4.53. The lowest BCUT2D eigenvalue weighted by molar-refractivity contribution is -0.141. The summed E-state index contributed by atoms with van der Waals surface area (Å²) in [6.45, 7) is 1.54. The van der Waals surface area contributed by atoms with Crippen LogP contribution in [-0.4, -0.2) is 10.9 Å². The second-order valence-corrected chi connectivity index (χ2v) is 5.01. The van der Waals surface area contributed by atoms with Crippen LogP contribution in [0.1, 0.15) is 27.3 Å². The molecule has 0 saturated heterocycles. The van der Waals surface area contributed by atoms with E-state index in [-0.39, 0.29) is 17.8 Å². The Morgan fingerprint density at radius 1 is 1.23 bits per heavy atom. The largest absolute Gasteiger partial charge is 0.433 e. The zero-order chi connectivity index (χ0) is 16.3. The molecular weight excluding hydrogens is 317 g/mol. The molecule has 3 nitrogen and oxygen atoms in total. The maximum Gasteiger partial charge on any atom is 0.433 e. The lowest BCUT2D eigenvalue weighted by atomic mass is 10.1. The van der Waals surface area contributed by atoms with E-state index in [0.717, 1.165) is 17.7 Å². The van der Waals surface area contributed by atoms with Gasteiger partial charge in [0.2, 0.25) is 0 Å². The fourth-order valence-electron chi connectivity index (χ4n) is 1.87. The van der Waals surface area contributed by atoms with Crippen LogP contribution in [-0.2, 0) is 12.7 Å². The molecule has 1 aromatic carbocycles. The summed E-state index contributed by atoms with van der Waals surface area (Å²) < 4.78 is 37.6. The number of carbonyl (C=O) groups excluding carboxylic acids is 1. The predicted molar refractivity (Wildman–Crippen MR) is 76.6 cm³/mol. The van der Waals surface area contributed by atoms with Gasteiger partial charge in [0.1, 0.15) is 5.69 Å². The maximum atomic E-state index is 12.5. The van der Waals surface area contributed by atoms with Gasteiger partial charge in [-0.1, -0.05) is 29.8 Å². The first-order valence-corrected chi connectivity index (χ1v) is 6.73. The third-order valence-electron chi connectivity index (χ3n) is 3.02. The van der Waals surface area contributed by atoms with Crippen LogP contribution in [0.3, 0.4) is 0 Å². The molecule has 0 bridgehead atoms. The van der Waals surface area contributed by atoms with Gasteiger partial charge >= 0.3 is 6.18 Å². The van der Waals surface area contributed by atoms with Crippen molar-refractivity contribution >= 4 is 17.5 Å². The molecule has 0 aliphatic heterocycles. The highest BCUT2D eigenvalue weighted by molar-refractivity contribution is 6.31. The number of hydrogen-bond donors (Lipinski definition) is 1. The molecule has 2 aromatic rings. The molecule has 0 atom stereocenters. The molecule has 0 saturated carbocycles. The topological polar surface area (TPSA) is 42.0 Å². The van der Waals surface area contributed by atoms with Gasteiger partial charge < -0.3 is 5.32 Å². The van der Waals surface area contributed by atoms with Crippen molar-refractivity contribution in [3.05, 3.63) is 63.9 Å². The highest BCUT2D eigenvalue weighted by Crippen LogP contribution is 2.28. The molecule has 1 aromatic heterocycles. The Labute approximate surface area is 130 Å². The van der Waals surface area contributed by atoms with Crippen molar-refractivity contribution in [2.24, 2.45) is 0 Å². The summed E-state index contributed by atoms with van der Waals surface area (Å²) in [7, 11) is 0. The molecule has 0 aliphatic rings. The quantitative estimate of drug-likeness (QED) is 0.925. The molecule has 0 radical (unpaired) electrons. The van der Waals surface area contributed by atoms with Crippen molar-refractivity contribution in [2.75, 3.05) is 0 Å². The lowest BCUT2D eigenvalue weighted by Crippen LogP contribution is -2.24. The molecule has 0 aliphatic carbocycles. The van der Waals surface area contributed by atoms with Crippen LogP contribution in [0.15, 0.2) is 36.4 Å². The van der Waals surface area contributed by atoms with Crippen LogP contribution in [0, 0.1) is 6.92 Å². The van der Waals surface area contributed by atoms with Crippen LogP contribution in [0.2, 0.25) is 5.02 Å². The van der Waals surface area contributed by atoms with Crippen LogP contribution in [0.5, 0.6) is 0 Å². The summed E-state index contributed by atoms with van der Waals surface area (Å²) in [5, 5.41) is 3.12. The van der Waals surface area contributed by atoms with Crippen LogP contribution in [0.25, 0.3) is 0 Å². The molecule has 7 heteroatoms. The van der Waals surface area contributed by atoms with Crippen molar-refractivity contribution in [2.45, 2.75) is 19.6 Å². The van der Waals surface area contributed by atoms with Crippen molar-refractivity contribution in [1.82, 2.24) is 10.3 Å². The summed E-state index contributed by atoms with van der Waals surface area (Å²) in [4.78, 5) is 15.5. The van der Waals surface area contributed by atoms with Crippen LogP contribution < -0.4 is 5.32 Å². The van der Waals surface area contributed by atoms with E-state index in [1.807, 2.05) is 0 Å². The van der Waals surface area contributed by atoms with Crippen molar-refractivity contribution in [1.29, 1.82) is 0 Å². The molecule has 116 valence electrons. The van der Waals surface area contributed by atoms with Gasteiger partial charge in [-0.15, -0.1) is 0 Å². The van der Waals surface area contributed by atoms with Gasteiger partial charge in [-0.05, 0) is 30.7 Å². The molecule has 1 amide bonds. The molecule has 0 unspecified atom stereocenters. The molecule has 1 heterocycles. The van der Waals surface area contributed by atoms with E-state index >= 15 is 0 Å². The smallest absolute Gasteiger partial charge is 0.348 e. The first-order valence-electron chi connectivity index (χ1n) is 6.35. The summed E-state index contributed by atoms with van der Waals surface area (Å²) in [5.41, 5.74) is -0.186. The summed E-state index contributed by atoms with van der Waals surface area (Å²) in [6.07, 6.45) is -4.53. The van der Waals surface area contributed by atoms with Gasteiger partial charge in [0.25, 0.3) is 5.91 Å². The van der Waals surface area contributed by atoms with Crippen molar-refractivity contribution in [3.8, 4) is 0 Å². The standard InChI is InChI=1S/C15H12ClF3N2O/c1-9-11(6-7-13(21-9)15(17,18)19)14(22)20-8-10-4-2-3-5-12(10)16/h2-7H,8H2,1H3,(H,20,22). The van der Waals surface area contributed by atoms with E-state index in [9.17, 15) is 18.0 Å². The average Bonchev–Trinajstić information content (AvgIpc) is 2.45. The Bertz CT molecular complexity index is 701. The summed E-state index contributed by atoms with van der Waals surface area (Å²) in [5.74, 6) is -0.501. The number of carbonyl (C=O) groups is 1. The number of alkyl halides is 3. The highest BCUT2D eigenvalue weighted by atomic mass is 35.5. The minimum absolute atomic E-state index is 0.0199. The van der Waals surface area contributed by atoms with Gasteiger partial charge in [0.05, 0.1) is 11.3 Å². The van der Waals surface area contributed by atoms with E-state index in [2.05, 4.69) is 10.3 Å². The normalized spacial score (nSPS) is 11.3. The Morgan fingerprint density at radius 3 is 2.50 bits per heavy atom. The SMILES string of the molecule is Cc1nc(C(F)(F)F)ccc1C(=O)NCc1ccccc1Cl. The van der Waals surface area contributed by atoms with Gasteiger partial charge in [0, 0.05) is 11.6 Å². The van der Waals surface area contributed by atoms with Crippen molar-refractivity contribution < 1.29 is 18.0 Å². The number of halogens is 4. The molecule has 0 spiro atoms. The third kappa shape index (κ3) is 3.76. The van der Waals surface area contributed by atoms with E-state index in [0.29, 0.717) is 5.02 Å². The van der Waals surface area contributed by atoms with Crippen molar-refractivity contribution in [3.63, 3.8) is 0 Å². The second kappa shape index (κ2) is 6.36. The van der Waals surface area contributed by atoms with Crippen LogP contribution >= 0.6 is 11.6 Å². The van der Waals surface area contributed by atoms with E-state index < -0.39 is 17.8 Å². The molecule has 2 rings (SSSR count). The first kappa shape index (κ1) is 16.3. The van der Waals surface area contributed by atoms with Crippen LogP contribution in [0.4, 0.5) is 13.2 Å². The fourth-order valence-corrected chi connectivity index (χ4v) is 2.07. The summed E-state index contributed by atoms with van der Waals surface area (Å²) in [6, 6.07) is 8.88. The van der Waals surface area contributed by atoms with Gasteiger partial charge in [-0.25, -0.2) is 4.98 Å². The monoisotopic (exact) mass is 328 g/mol. The number of pyridine rings is 1. The molecule has 0 fully saturated rings. The zero-order valence-electron chi connectivity index (χ0n) is 11.5. The Hall–Kier alpha value is -2.08. The van der Waals surface area contributed by atoms with Gasteiger partial charge in [-0.2, -0.15) is 13.2 Å². The third-order valence-corrected chi connectivity index (χ3v) is 3.39. The number of aryl methyl sites for hydroxylation is 1. The van der Waals surface area contributed by atoms with Gasteiger partial charge in [0.15, 0.2) is 0 Å². The average molecular weight is 329 g/mol. The lowest BCUT2D eigenvalue weighted by Gasteiger charge is -2.11. The Balaban J connectivity index is 2.12. The Morgan fingerprint density at radius 2 is 1.91 bits per heavy atom. The number of aromatic nitrogens is 1. The number of nitrogens with one attached hydrogen (secondary N) is 1. The molecular formula is C15H12ClF3N2O. The first-order chi connectivity index (χ1) is 10.3. The molecule has 1 N–H and O–H groups in total. The zero-order valence-corrected chi connectivity index (χ0v) is 12.3. The Kier molecular flexibility index (Phi) is 4.71. The molecule has 22 heavy (non-hydrogen) atoms. The number of benzene rings is 1. The number of hydrogen-bond acceptors (Lipinski definition) is 2. The van der Waals surface area contributed by atoms with E-state index in [1.165, 1.54) is 6.92 Å². The van der Waals surface area contributed by atoms with Gasteiger partial charge in [-0.3, -0.25) is 4.79 Å². The summed E-state index contributed by atoms with van der Waals surface area (Å²) >= 11 is 5.97. The maximum absolute atomic E-state index is 12.5. The second-order valence-electron chi connectivity index (χ2n) is 4.60. The number of nitrogens with zero attached hydrogens (tertiary/aromatic N) is 1. The highest BCUT2D eigenvalue weighted by Gasteiger charge is 2.33. The number of amides is 1.